The zero-order chi connectivity index (χ0) is 14.7. The number of carbonyl (C=O) groups excluding carboxylic acids is 1. The number of H-pyrrole nitrogens is 1. The van der Waals surface area contributed by atoms with E-state index < -0.39 is 5.91 Å². The highest BCUT2D eigenvalue weighted by Gasteiger charge is 2.10. The maximum atomic E-state index is 12.1. The lowest BCUT2D eigenvalue weighted by molar-refractivity contribution is 0.102. The molecule has 0 radical (unpaired) electrons. The standard InChI is InChI=1S/C13H10N6O2/c20-12-4-5-14-7-11(12)13(21)16-9-2-1-3-10(6-9)19-8-15-17-18-19/h1-8H,(H,14,20)(H,16,21). The summed E-state index contributed by atoms with van der Waals surface area (Å²) in [6, 6.07) is 8.25. The number of amides is 1. The lowest BCUT2D eigenvalue weighted by atomic mass is 10.2. The van der Waals surface area contributed by atoms with E-state index in [1.807, 2.05) is 0 Å². The molecule has 21 heavy (non-hydrogen) atoms. The Morgan fingerprint density at radius 1 is 1.29 bits per heavy atom. The molecular weight excluding hydrogens is 272 g/mol. The third kappa shape index (κ3) is 2.68. The summed E-state index contributed by atoms with van der Waals surface area (Å²) in [4.78, 5) is 26.4. The van der Waals surface area contributed by atoms with Gasteiger partial charge < -0.3 is 10.3 Å². The molecule has 2 heterocycles. The number of hydrogen-bond acceptors (Lipinski definition) is 5. The van der Waals surface area contributed by atoms with Crippen LogP contribution in [0.4, 0.5) is 5.69 Å². The maximum absolute atomic E-state index is 12.1. The van der Waals surface area contributed by atoms with Gasteiger partial charge in [0.05, 0.1) is 5.69 Å². The molecule has 8 heteroatoms. The molecule has 0 unspecified atom stereocenters. The number of anilines is 1. The van der Waals surface area contributed by atoms with Crippen LogP contribution in [-0.4, -0.2) is 31.1 Å². The van der Waals surface area contributed by atoms with E-state index in [4.69, 9.17) is 0 Å². The van der Waals surface area contributed by atoms with Crippen LogP contribution in [0.5, 0.6) is 0 Å². The highest BCUT2D eigenvalue weighted by Crippen LogP contribution is 2.13. The fraction of sp³-hybridized carbons (Fsp3) is 0. The Morgan fingerprint density at radius 2 is 2.19 bits per heavy atom. The molecule has 0 saturated heterocycles. The average molecular weight is 282 g/mol. The van der Waals surface area contributed by atoms with E-state index in [2.05, 4.69) is 25.8 Å². The van der Waals surface area contributed by atoms with Crippen molar-refractivity contribution in [3.05, 3.63) is 64.8 Å². The van der Waals surface area contributed by atoms with E-state index in [0.29, 0.717) is 11.4 Å². The Kier molecular flexibility index (Phi) is 3.26. The second-order valence-corrected chi connectivity index (χ2v) is 4.18. The van der Waals surface area contributed by atoms with Gasteiger partial charge in [0.15, 0.2) is 5.43 Å². The number of carbonyl (C=O) groups is 1. The molecule has 0 saturated carbocycles. The van der Waals surface area contributed by atoms with Crippen LogP contribution in [0.2, 0.25) is 0 Å². The Hall–Kier alpha value is -3.29. The van der Waals surface area contributed by atoms with Crippen LogP contribution in [0.15, 0.2) is 53.8 Å². The SMILES string of the molecule is O=C(Nc1cccc(-n2cnnn2)c1)c1c[nH]ccc1=O. The minimum Gasteiger partial charge on any atom is -0.367 e. The third-order valence-corrected chi connectivity index (χ3v) is 2.79. The van der Waals surface area contributed by atoms with Crippen LogP contribution in [0.1, 0.15) is 10.4 Å². The molecule has 2 N–H and O–H groups in total. The molecule has 3 rings (SSSR count). The first kappa shape index (κ1) is 12.7. The van der Waals surface area contributed by atoms with Gasteiger partial charge in [0.2, 0.25) is 0 Å². The number of rotatable bonds is 3. The largest absolute Gasteiger partial charge is 0.367 e. The van der Waals surface area contributed by atoms with Gasteiger partial charge in [0, 0.05) is 24.1 Å². The number of benzene rings is 1. The van der Waals surface area contributed by atoms with Gasteiger partial charge in [-0.1, -0.05) is 6.07 Å². The summed E-state index contributed by atoms with van der Waals surface area (Å²) in [7, 11) is 0. The first-order valence-corrected chi connectivity index (χ1v) is 6.06. The zero-order valence-electron chi connectivity index (χ0n) is 10.7. The fourth-order valence-electron chi connectivity index (χ4n) is 1.80. The van der Waals surface area contributed by atoms with Crippen LogP contribution in [0, 0.1) is 0 Å². The maximum Gasteiger partial charge on any atom is 0.261 e. The van der Waals surface area contributed by atoms with Crippen molar-refractivity contribution in [1.82, 2.24) is 25.2 Å². The summed E-state index contributed by atoms with van der Waals surface area (Å²) in [5.74, 6) is -0.481. The normalized spacial score (nSPS) is 10.3. The Bertz CT molecular complexity index is 824. The number of hydrogen-bond donors (Lipinski definition) is 2. The molecule has 8 nitrogen and oxygen atoms in total. The van der Waals surface area contributed by atoms with Crippen LogP contribution in [-0.2, 0) is 0 Å². The third-order valence-electron chi connectivity index (χ3n) is 2.79. The van der Waals surface area contributed by atoms with Crippen LogP contribution in [0.3, 0.4) is 0 Å². The first-order valence-electron chi connectivity index (χ1n) is 6.06. The molecule has 0 aliphatic heterocycles. The Labute approximate surface area is 118 Å². The van der Waals surface area contributed by atoms with Crippen molar-refractivity contribution in [2.24, 2.45) is 0 Å². The minimum atomic E-state index is -0.481. The molecule has 0 bridgehead atoms. The summed E-state index contributed by atoms with van der Waals surface area (Å²) in [6.07, 6.45) is 4.28. The van der Waals surface area contributed by atoms with Crippen molar-refractivity contribution in [2.45, 2.75) is 0 Å². The summed E-state index contributed by atoms with van der Waals surface area (Å²) in [5.41, 5.74) is 0.934. The van der Waals surface area contributed by atoms with Crippen LogP contribution in [0.25, 0.3) is 5.69 Å². The lowest BCUT2D eigenvalue weighted by Gasteiger charge is -2.06. The molecular formula is C13H10N6O2. The molecule has 0 fully saturated rings. The van der Waals surface area contributed by atoms with E-state index in [-0.39, 0.29) is 11.0 Å². The van der Waals surface area contributed by atoms with Gasteiger partial charge in [-0.2, -0.15) is 0 Å². The molecule has 0 spiro atoms. The molecule has 0 aliphatic rings. The lowest BCUT2D eigenvalue weighted by Crippen LogP contribution is -2.20. The fourth-order valence-corrected chi connectivity index (χ4v) is 1.80. The number of pyridine rings is 1. The zero-order valence-corrected chi connectivity index (χ0v) is 10.7. The Balaban J connectivity index is 1.86. The predicted octanol–water partition coefficient (Wildman–Crippen LogP) is 0.603. The smallest absolute Gasteiger partial charge is 0.261 e. The summed E-state index contributed by atoms with van der Waals surface area (Å²) in [6.45, 7) is 0. The second-order valence-electron chi connectivity index (χ2n) is 4.18. The van der Waals surface area contributed by atoms with E-state index in [1.54, 1.807) is 24.3 Å². The molecule has 0 aliphatic carbocycles. The first-order chi connectivity index (χ1) is 10.2. The molecule has 1 amide bonds. The topological polar surface area (TPSA) is 106 Å². The van der Waals surface area contributed by atoms with E-state index >= 15 is 0 Å². The number of aromatic amines is 1. The summed E-state index contributed by atoms with van der Waals surface area (Å²) < 4.78 is 1.46. The van der Waals surface area contributed by atoms with Gasteiger partial charge in [0.25, 0.3) is 5.91 Å². The van der Waals surface area contributed by atoms with Crippen molar-refractivity contribution >= 4 is 11.6 Å². The Morgan fingerprint density at radius 3 is 2.95 bits per heavy atom. The average Bonchev–Trinajstić information content (AvgIpc) is 3.02. The summed E-state index contributed by atoms with van der Waals surface area (Å²) in [5, 5.41) is 13.5. The van der Waals surface area contributed by atoms with Crippen molar-refractivity contribution in [2.75, 3.05) is 5.32 Å². The van der Waals surface area contributed by atoms with Gasteiger partial charge in [0.1, 0.15) is 11.9 Å². The quantitative estimate of drug-likeness (QED) is 0.732. The molecule has 2 aromatic heterocycles. The number of nitrogens with one attached hydrogen (secondary N) is 2. The van der Waals surface area contributed by atoms with E-state index in [1.165, 1.54) is 29.5 Å². The van der Waals surface area contributed by atoms with E-state index in [9.17, 15) is 9.59 Å². The number of tetrazole rings is 1. The van der Waals surface area contributed by atoms with Gasteiger partial charge in [-0.05, 0) is 28.6 Å². The van der Waals surface area contributed by atoms with Gasteiger partial charge in [-0.25, -0.2) is 4.68 Å². The van der Waals surface area contributed by atoms with E-state index in [0.717, 1.165) is 0 Å². The number of aromatic nitrogens is 5. The number of nitrogens with zero attached hydrogens (tertiary/aromatic N) is 4. The minimum absolute atomic E-state index is 0.0466. The molecule has 3 aromatic rings. The van der Waals surface area contributed by atoms with Gasteiger partial charge >= 0.3 is 0 Å². The predicted molar refractivity (Wildman–Crippen MR) is 74.2 cm³/mol. The molecule has 1 aromatic carbocycles. The highest BCUT2D eigenvalue weighted by atomic mass is 16.2. The monoisotopic (exact) mass is 282 g/mol. The second kappa shape index (κ2) is 5.37. The van der Waals surface area contributed by atoms with Gasteiger partial charge in [-0.15, -0.1) is 5.10 Å². The molecule has 104 valence electrons. The van der Waals surface area contributed by atoms with Gasteiger partial charge in [-0.3, -0.25) is 9.59 Å². The van der Waals surface area contributed by atoms with Crippen molar-refractivity contribution in [3.63, 3.8) is 0 Å². The van der Waals surface area contributed by atoms with Crippen LogP contribution >= 0.6 is 0 Å². The molecule has 0 atom stereocenters. The van der Waals surface area contributed by atoms with Crippen molar-refractivity contribution < 1.29 is 4.79 Å². The summed E-state index contributed by atoms with van der Waals surface area (Å²) >= 11 is 0. The van der Waals surface area contributed by atoms with Crippen molar-refractivity contribution in [1.29, 1.82) is 0 Å². The van der Waals surface area contributed by atoms with Crippen molar-refractivity contribution in [3.8, 4) is 5.69 Å². The highest BCUT2D eigenvalue weighted by molar-refractivity contribution is 6.04. The van der Waals surface area contributed by atoms with Crippen LogP contribution < -0.4 is 10.7 Å².